The summed E-state index contributed by atoms with van der Waals surface area (Å²) < 4.78 is 49.2. The van der Waals surface area contributed by atoms with Crippen LogP contribution in [-0.4, -0.2) is 18.9 Å². The highest BCUT2D eigenvalue weighted by Crippen LogP contribution is 2.28. The predicted octanol–water partition coefficient (Wildman–Crippen LogP) is 3.54. The molecule has 0 aromatic heterocycles. The van der Waals surface area contributed by atoms with Crippen molar-refractivity contribution in [1.29, 1.82) is 0 Å². The lowest BCUT2D eigenvalue weighted by Gasteiger charge is -2.18. The summed E-state index contributed by atoms with van der Waals surface area (Å²) in [5.41, 5.74) is 6.60. The fourth-order valence-corrected chi connectivity index (χ4v) is 1.35. The van der Waals surface area contributed by atoms with Gasteiger partial charge in [-0.1, -0.05) is 11.6 Å². The maximum Gasteiger partial charge on any atom is 0.324 e. The average Bonchev–Trinajstić information content (AvgIpc) is 2.21. The molecule has 0 aliphatic rings. The highest BCUT2D eigenvalue weighted by Gasteiger charge is 2.40. The number of aryl methyl sites for hydroxylation is 1. The van der Waals surface area contributed by atoms with Crippen molar-refractivity contribution in [3.05, 3.63) is 22.7 Å². The van der Waals surface area contributed by atoms with Gasteiger partial charge in [0.1, 0.15) is 0 Å². The largest absolute Gasteiger partial charge is 0.398 e. The smallest absolute Gasteiger partial charge is 0.324 e. The molecular formula is C10H11ClF4N2. The maximum absolute atomic E-state index is 12.7. The molecule has 0 spiro atoms. The van der Waals surface area contributed by atoms with Gasteiger partial charge in [0.05, 0.1) is 17.3 Å². The average molecular weight is 271 g/mol. The maximum atomic E-state index is 12.7. The molecule has 96 valence electrons. The van der Waals surface area contributed by atoms with Gasteiger partial charge in [-0.15, -0.1) is 0 Å². The van der Waals surface area contributed by atoms with Crippen molar-refractivity contribution in [3.8, 4) is 0 Å². The Balaban J connectivity index is 2.80. The van der Waals surface area contributed by atoms with E-state index in [4.69, 9.17) is 17.3 Å². The molecule has 0 radical (unpaired) electrons. The first kappa shape index (κ1) is 13.9. The number of anilines is 2. The van der Waals surface area contributed by atoms with Crippen LogP contribution in [0.3, 0.4) is 0 Å². The summed E-state index contributed by atoms with van der Waals surface area (Å²) in [5, 5.41) is 2.41. The molecule has 0 amide bonds. The summed E-state index contributed by atoms with van der Waals surface area (Å²) in [6.07, 6.45) is -3.71. The third-order valence-corrected chi connectivity index (χ3v) is 2.50. The molecule has 0 aliphatic heterocycles. The zero-order chi connectivity index (χ0) is 13.2. The van der Waals surface area contributed by atoms with E-state index < -0.39 is 18.9 Å². The second kappa shape index (κ2) is 5.00. The Morgan fingerprint density at radius 2 is 2.00 bits per heavy atom. The Kier molecular flexibility index (Phi) is 4.08. The van der Waals surface area contributed by atoms with Crippen LogP contribution in [0.25, 0.3) is 0 Å². The second-order valence-electron chi connectivity index (χ2n) is 3.60. The molecule has 1 aromatic carbocycles. The number of nitrogen functional groups attached to an aromatic ring is 1. The molecule has 1 rings (SSSR count). The molecule has 0 fully saturated rings. The first-order valence-corrected chi connectivity index (χ1v) is 5.07. The molecule has 0 bridgehead atoms. The zero-order valence-electron chi connectivity index (χ0n) is 8.91. The number of benzene rings is 1. The van der Waals surface area contributed by atoms with Crippen LogP contribution in [0, 0.1) is 6.92 Å². The molecule has 0 aliphatic carbocycles. The van der Waals surface area contributed by atoms with E-state index >= 15 is 0 Å². The van der Waals surface area contributed by atoms with Gasteiger partial charge in [-0.05, 0) is 24.6 Å². The molecule has 0 unspecified atom stereocenters. The predicted molar refractivity (Wildman–Crippen MR) is 60.0 cm³/mol. The van der Waals surface area contributed by atoms with Crippen LogP contribution in [0.2, 0.25) is 5.02 Å². The first-order chi connectivity index (χ1) is 7.74. The molecule has 2 nitrogen and oxygen atoms in total. The minimum Gasteiger partial charge on any atom is -0.398 e. The van der Waals surface area contributed by atoms with Crippen molar-refractivity contribution in [2.75, 3.05) is 17.6 Å². The van der Waals surface area contributed by atoms with Gasteiger partial charge in [0.2, 0.25) is 0 Å². The lowest BCUT2D eigenvalue weighted by molar-refractivity contribution is -0.117. The van der Waals surface area contributed by atoms with Crippen LogP contribution in [0.15, 0.2) is 12.1 Å². The molecule has 0 saturated heterocycles. The van der Waals surface area contributed by atoms with E-state index in [9.17, 15) is 17.6 Å². The van der Waals surface area contributed by atoms with E-state index in [-0.39, 0.29) is 10.7 Å². The summed E-state index contributed by atoms with van der Waals surface area (Å²) in [7, 11) is 0. The Hall–Kier alpha value is -1.17. The van der Waals surface area contributed by atoms with E-state index in [1.807, 2.05) is 0 Å². The summed E-state index contributed by atoms with van der Waals surface area (Å²) in [5.74, 6) is -4.08. The van der Waals surface area contributed by atoms with E-state index in [0.29, 0.717) is 11.3 Å². The minimum absolute atomic E-state index is 0.179. The number of hydrogen-bond donors (Lipinski definition) is 2. The number of rotatable bonds is 4. The highest BCUT2D eigenvalue weighted by molar-refractivity contribution is 6.33. The topological polar surface area (TPSA) is 38.0 Å². The van der Waals surface area contributed by atoms with Crippen molar-refractivity contribution in [2.45, 2.75) is 19.3 Å². The summed E-state index contributed by atoms with van der Waals surface area (Å²) in [6.45, 7) is 0.446. The summed E-state index contributed by atoms with van der Waals surface area (Å²) in [4.78, 5) is 0. The Bertz CT molecular complexity index is 410. The van der Waals surface area contributed by atoms with Gasteiger partial charge in [-0.3, -0.25) is 0 Å². The van der Waals surface area contributed by atoms with Crippen LogP contribution in [-0.2, 0) is 0 Å². The van der Waals surface area contributed by atoms with Crippen LogP contribution in [0.4, 0.5) is 28.9 Å². The van der Waals surface area contributed by atoms with E-state index in [1.54, 1.807) is 6.92 Å². The number of hydrogen-bond acceptors (Lipinski definition) is 2. The van der Waals surface area contributed by atoms with E-state index in [2.05, 4.69) is 5.32 Å². The van der Waals surface area contributed by atoms with Crippen molar-refractivity contribution >= 4 is 23.0 Å². The number of nitrogens with two attached hydrogens (primary N) is 1. The standard InChI is InChI=1S/C10H11ClF4N2/c1-5-2-7(16)6(11)3-8(5)17-4-10(14,15)9(12)13/h2-3,9,17H,4,16H2,1H3. The molecular weight excluding hydrogens is 260 g/mol. The normalized spacial score (nSPS) is 11.9. The summed E-state index contributed by atoms with van der Waals surface area (Å²) >= 11 is 5.70. The third-order valence-electron chi connectivity index (χ3n) is 2.18. The van der Waals surface area contributed by atoms with Crippen LogP contribution in [0.1, 0.15) is 5.56 Å². The van der Waals surface area contributed by atoms with Crippen molar-refractivity contribution in [3.63, 3.8) is 0 Å². The highest BCUT2D eigenvalue weighted by atomic mass is 35.5. The Labute approximate surface area is 101 Å². The van der Waals surface area contributed by atoms with E-state index in [0.717, 1.165) is 0 Å². The lowest BCUT2D eigenvalue weighted by Crippen LogP contribution is -2.34. The van der Waals surface area contributed by atoms with Crippen molar-refractivity contribution in [1.82, 2.24) is 0 Å². The second-order valence-corrected chi connectivity index (χ2v) is 4.01. The van der Waals surface area contributed by atoms with Gasteiger partial charge in [-0.2, -0.15) is 8.78 Å². The molecule has 0 saturated carbocycles. The SMILES string of the molecule is Cc1cc(N)c(Cl)cc1NCC(F)(F)C(F)F. The number of alkyl halides is 4. The van der Waals surface area contributed by atoms with Gasteiger partial charge in [0, 0.05) is 5.69 Å². The minimum atomic E-state index is -4.08. The van der Waals surface area contributed by atoms with Crippen LogP contribution in [0.5, 0.6) is 0 Å². The third kappa shape index (κ3) is 3.39. The van der Waals surface area contributed by atoms with Gasteiger partial charge < -0.3 is 11.1 Å². The van der Waals surface area contributed by atoms with Gasteiger partial charge in [0.15, 0.2) is 0 Å². The monoisotopic (exact) mass is 270 g/mol. The van der Waals surface area contributed by atoms with Crippen LogP contribution >= 0.6 is 11.6 Å². The fourth-order valence-electron chi connectivity index (χ4n) is 1.18. The quantitative estimate of drug-likeness (QED) is 0.649. The molecule has 1 aromatic rings. The molecule has 7 heteroatoms. The van der Waals surface area contributed by atoms with Crippen LogP contribution < -0.4 is 11.1 Å². The Morgan fingerprint density at radius 3 is 2.53 bits per heavy atom. The lowest BCUT2D eigenvalue weighted by atomic mass is 10.1. The summed E-state index contributed by atoms with van der Waals surface area (Å²) in [6, 6.07) is 2.80. The fraction of sp³-hybridized carbons (Fsp3) is 0.400. The van der Waals surface area contributed by atoms with Gasteiger partial charge >= 0.3 is 12.3 Å². The number of halogens is 5. The van der Waals surface area contributed by atoms with Gasteiger partial charge in [-0.25, -0.2) is 8.78 Å². The molecule has 0 atom stereocenters. The zero-order valence-corrected chi connectivity index (χ0v) is 9.66. The first-order valence-electron chi connectivity index (χ1n) is 4.69. The van der Waals surface area contributed by atoms with E-state index in [1.165, 1.54) is 12.1 Å². The van der Waals surface area contributed by atoms with Gasteiger partial charge in [0.25, 0.3) is 0 Å². The number of nitrogens with one attached hydrogen (secondary N) is 1. The molecule has 0 heterocycles. The molecule has 17 heavy (non-hydrogen) atoms. The Morgan fingerprint density at radius 1 is 1.41 bits per heavy atom. The van der Waals surface area contributed by atoms with Crippen molar-refractivity contribution < 1.29 is 17.6 Å². The molecule has 3 N–H and O–H groups in total. The van der Waals surface area contributed by atoms with Crippen molar-refractivity contribution in [2.24, 2.45) is 0 Å².